The molecule has 0 fully saturated rings. The van der Waals surface area contributed by atoms with E-state index >= 15 is 0 Å². The lowest BCUT2D eigenvalue weighted by Gasteiger charge is -2.18. The monoisotopic (exact) mass is 193 g/mol. The Balaban J connectivity index is 2.91. The van der Waals surface area contributed by atoms with Crippen LogP contribution in [-0.2, 0) is 0 Å². The summed E-state index contributed by atoms with van der Waals surface area (Å²) in [7, 11) is 0. The van der Waals surface area contributed by atoms with Crippen LogP contribution in [0.3, 0.4) is 0 Å². The van der Waals surface area contributed by atoms with E-state index in [2.05, 4.69) is 5.10 Å². The third-order valence-corrected chi connectivity index (χ3v) is 1.66. The third-order valence-electron chi connectivity index (χ3n) is 1.66. The first kappa shape index (κ1) is 10.0. The molecule has 1 unspecified atom stereocenters. The highest BCUT2D eigenvalue weighted by Crippen LogP contribution is 2.28. The van der Waals surface area contributed by atoms with Crippen molar-refractivity contribution in [1.82, 2.24) is 9.78 Å². The smallest absolute Gasteiger partial charge is 0.328 e. The number of hydrogen-bond acceptors (Lipinski definition) is 2. The van der Waals surface area contributed by atoms with Gasteiger partial charge in [-0.05, 0) is 13.0 Å². The second-order valence-electron chi connectivity index (χ2n) is 2.73. The van der Waals surface area contributed by atoms with Gasteiger partial charge in [-0.1, -0.05) is 0 Å². The van der Waals surface area contributed by atoms with Crippen LogP contribution in [0.2, 0.25) is 0 Å². The first-order chi connectivity index (χ1) is 5.95. The molecule has 0 aliphatic heterocycles. The summed E-state index contributed by atoms with van der Waals surface area (Å²) in [6, 6.07) is -0.213. The largest absolute Gasteiger partial charge is 0.412 e. The van der Waals surface area contributed by atoms with Crippen LogP contribution in [-0.4, -0.2) is 22.5 Å². The number of aryl methyl sites for hydroxylation is 1. The Bertz CT molecular complexity index is 279. The molecular weight excluding hydrogens is 183 g/mol. The van der Waals surface area contributed by atoms with Gasteiger partial charge in [0.05, 0.1) is 5.69 Å². The van der Waals surface area contributed by atoms with Gasteiger partial charge in [-0.15, -0.1) is 0 Å². The first-order valence-electron chi connectivity index (χ1n) is 3.73. The van der Waals surface area contributed by atoms with E-state index in [0.29, 0.717) is 5.69 Å². The van der Waals surface area contributed by atoms with Crippen molar-refractivity contribution >= 4 is 0 Å². The average Bonchev–Trinajstić information content (AvgIpc) is 2.34. The van der Waals surface area contributed by atoms with Crippen LogP contribution in [0.1, 0.15) is 11.7 Å². The highest BCUT2D eigenvalue weighted by molar-refractivity contribution is 4.97. The molecule has 0 radical (unpaired) electrons. The fraction of sp³-hybridized carbons (Fsp3) is 0.571. The van der Waals surface area contributed by atoms with E-state index in [1.807, 2.05) is 0 Å². The van der Waals surface area contributed by atoms with Crippen LogP contribution in [0.5, 0.6) is 0 Å². The van der Waals surface area contributed by atoms with E-state index in [1.165, 1.54) is 12.3 Å². The molecule has 1 rings (SSSR count). The van der Waals surface area contributed by atoms with E-state index in [0.717, 1.165) is 4.68 Å². The fourth-order valence-corrected chi connectivity index (χ4v) is 0.998. The van der Waals surface area contributed by atoms with E-state index in [1.54, 1.807) is 6.92 Å². The topological polar surface area (TPSA) is 43.8 Å². The Morgan fingerprint density at radius 2 is 2.23 bits per heavy atom. The minimum absolute atomic E-state index is 0.495. The molecule has 0 saturated carbocycles. The Morgan fingerprint density at radius 1 is 1.62 bits per heavy atom. The highest BCUT2D eigenvalue weighted by Gasteiger charge is 2.40. The molecule has 13 heavy (non-hydrogen) atoms. The summed E-state index contributed by atoms with van der Waals surface area (Å²) >= 11 is 0. The average molecular weight is 193 g/mol. The third kappa shape index (κ3) is 2.21. The zero-order chi connectivity index (χ0) is 10.1. The highest BCUT2D eigenvalue weighted by atomic mass is 19.4. The zero-order valence-corrected chi connectivity index (χ0v) is 7.04. The zero-order valence-electron chi connectivity index (χ0n) is 7.04. The Morgan fingerprint density at radius 3 is 2.54 bits per heavy atom. The molecule has 74 valence electrons. The van der Waals surface area contributed by atoms with Gasteiger partial charge in [-0.2, -0.15) is 18.3 Å². The summed E-state index contributed by atoms with van der Waals surface area (Å²) in [4.78, 5) is 0. The standard InChI is InChI=1S/C7H10F3N3/c1-5-2-3-13(12-5)6(4-11)7(8,9)10/h2-3,6H,4,11H2,1H3. The lowest BCUT2D eigenvalue weighted by Crippen LogP contribution is -2.33. The van der Waals surface area contributed by atoms with Gasteiger partial charge < -0.3 is 5.73 Å². The molecule has 0 saturated heterocycles. The van der Waals surface area contributed by atoms with Gasteiger partial charge in [0.25, 0.3) is 0 Å². The number of alkyl halides is 3. The van der Waals surface area contributed by atoms with Gasteiger partial charge in [0.2, 0.25) is 0 Å². The second-order valence-corrected chi connectivity index (χ2v) is 2.73. The molecule has 6 heteroatoms. The lowest BCUT2D eigenvalue weighted by molar-refractivity contribution is -0.167. The SMILES string of the molecule is Cc1ccn(C(CN)C(F)(F)F)n1. The molecule has 0 aliphatic rings. The van der Waals surface area contributed by atoms with Crippen molar-refractivity contribution in [2.45, 2.75) is 19.1 Å². The van der Waals surface area contributed by atoms with Crippen LogP contribution in [0, 0.1) is 6.92 Å². The summed E-state index contributed by atoms with van der Waals surface area (Å²) in [5.74, 6) is 0. The predicted octanol–water partition coefficient (Wildman–Crippen LogP) is 1.25. The molecule has 1 aromatic heterocycles. The van der Waals surface area contributed by atoms with Crippen molar-refractivity contribution in [3.8, 4) is 0 Å². The molecule has 1 atom stereocenters. The Labute approximate surface area is 73.3 Å². The van der Waals surface area contributed by atoms with Gasteiger partial charge in [-0.3, -0.25) is 4.68 Å². The Hall–Kier alpha value is -1.04. The summed E-state index contributed by atoms with van der Waals surface area (Å²) in [6.07, 6.45) is -3.06. The van der Waals surface area contributed by atoms with Crippen LogP contribution >= 0.6 is 0 Å². The number of nitrogens with zero attached hydrogens (tertiary/aromatic N) is 2. The first-order valence-corrected chi connectivity index (χ1v) is 3.73. The van der Waals surface area contributed by atoms with Crippen molar-refractivity contribution in [3.05, 3.63) is 18.0 Å². The van der Waals surface area contributed by atoms with E-state index < -0.39 is 18.8 Å². The molecule has 0 spiro atoms. The minimum atomic E-state index is -4.34. The molecule has 0 bridgehead atoms. The molecule has 2 N–H and O–H groups in total. The summed E-state index contributed by atoms with van der Waals surface area (Å²) in [5.41, 5.74) is 5.56. The second kappa shape index (κ2) is 3.37. The molecule has 0 aromatic carbocycles. The normalized spacial score (nSPS) is 14.5. The maximum Gasteiger partial charge on any atom is 0.412 e. The molecule has 1 aromatic rings. The quantitative estimate of drug-likeness (QED) is 0.768. The van der Waals surface area contributed by atoms with Crippen molar-refractivity contribution in [1.29, 1.82) is 0 Å². The predicted molar refractivity (Wildman–Crippen MR) is 41.1 cm³/mol. The van der Waals surface area contributed by atoms with Gasteiger partial charge >= 0.3 is 6.18 Å². The fourth-order valence-electron chi connectivity index (χ4n) is 0.998. The number of rotatable bonds is 2. The van der Waals surface area contributed by atoms with Crippen molar-refractivity contribution in [3.63, 3.8) is 0 Å². The van der Waals surface area contributed by atoms with Crippen LogP contribution < -0.4 is 5.73 Å². The van der Waals surface area contributed by atoms with Crippen LogP contribution in [0.15, 0.2) is 12.3 Å². The number of hydrogen-bond donors (Lipinski definition) is 1. The molecule has 1 heterocycles. The van der Waals surface area contributed by atoms with Gasteiger partial charge in [0, 0.05) is 12.7 Å². The van der Waals surface area contributed by atoms with Crippen LogP contribution in [0.4, 0.5) is 13.2 Å². The van der Waals surface area contributed by atoms with Crippen LogP contribution in [0.25, 0.3) is 0 Å². The Kier molecular flexibility index (Phi) is 2.60. The molecular formula is C7H10F3N3. The minimum Gasteiger partial charge on any atom is -0.328 e. The van der Waals surface area contributed by atoms with Crippen molar-refractivity contribution in [2.75, 3.05) is 6.54 Å². The van der Waals surface area contributed by atoms with Crippen molar-refractivity contribution in [2.24, 2.45) is 5.73 Å². The number of halogens is 3. The molecule has 3 nitrogen and oxygen atoms in total. The summed E-state index contributed by atoms with van der Waals surface area (Å²) in [6.45, 7) is 1.13. The van der Waals surface area contributed by atoms with E-state index in [9.17, 15) is 13.2 Å². The number of nitrogens with two attached hydrogens (primary N) is 1. The summed E-state index contributed by atoms with van der Waals surface area (Å²) < 4.78 is 37.7. The number of aromatic nitrogens is 2. The molecule has 0 amide bonds. The van der Waals surface area contributed by atoms with Gasteiger partial charge in [0.1, 0.15) is 0 Å². The maximum atomic E-state index is 12.3. The van der Waals surface area contributed by atoms with E-state index in [-0.39, 0.29) is 0 Å². The summed E-state index contributed by atoms with van der Waals surface area (Å²) in [5, 5.41) is 3.66. The van der Waals surface area contributed by atoms with Gasteiger partial charge in [-0.25, -0.2) is 0 Å². The van der Waals surface area contributed by atoms with E-state index in [4.69, 9.17) is 5.73 Å². The van der Waals surface area contributed by atoms with Crippen molar-refractivity contribution < 1.29 is 13.2 Å². The lowest BCUT2D eigenvalue weighted by atomic mass is 10.3. The molecule has 0 aliphatic carbocycles. The maximum absolute atomic E-state index is 12.3. The van der Waals surface area contributed by atoms with Gasteiger partial charge in [0.15, 0.2) is 6.04 Å².